The molecular weight excluding hydrogens is 462 g/mol. The van der Waals surface area contributed by atoms with Crippen LogP contribution in [-0.2, 0) is 9.59 Å². The largest absolute Gasteiger partial charge is 0.467 e. The van der Waals surface area contributed by atoms with Crippen molar-refractivity contribution in [2.24, 2.45) is 0 Å². The number of amides is 3. The molecule has 2 aromatic heterocycles. The molecule has 1 saturated carbocycles. The molecule has 3 aromatic rings. The number of hydrogen-bond acceptors (Lipinski definition) is 5. The predicted molar refractivity (Wildman–Crippen MR) is 137 cm³/mol. The summed E-state index contributed by atoms with van der Waals surface area (Å²) in [7, 11) is 0. The fourth-order valence-electron chi connectivity index (χ4n) is 4.61. The van der Waals surface area contributed by atoms with E-state index in [-0.39, 0.29) is 24.4 Å². The number of benzene rings is 1. The van der Waals surface area contributed by atoms with Crippen LogP contribution in [0, 0.1) is 13.8 Å². The fraction of sp³-hybridized carbons (Fsp3) is 0.370. The van der Waals surface area contributed by atoms with Gasteiger partial charge in [0.25, 0.3) is 11.8 Å². The lowest BCUT2D eigenvalue weighted by atomic mass is 9.95. The maximum atomic E-state index is 13.7. The molecule has 0 aliphatic heterocycles. The van der Waals surface area contributed by atoms with Gasteiger partial charge < -0.3 is 15.1 Å². The Labute approximate surface area is 209 Å². The van der Waals surface area contributed by atoms with Gasteiger partial charge in [-0.2, -0.15) is 0 Å². The van der Waals surface area contributed by atoms with Gasteiger partial charge in [-0.1, -0.05) is 31.4 Å². The third-order valence-corrected chi connectivity index (χ3v) is 7.04. The lowest BCUT2D eigenvalue weighted by molar-refractivity contribution is -0.127. The summed E-state index contributed by atoms with van der Waals surface area (Å²) in [6.45, 7) is 3.64. The van der Waals surface area contributed by atoms with E-state index in [0.29, 0.717) is 16.3 Å². The Hall–Kier alpha value is -3.39. The summed E-state index contributed by atoms with van der Waals surface area (Å²) in [6.07, 6.45) is 6.66. The summed E-state index contributed by atoms with van der Waals surface area (Å²) < 4.78 is 5.66. The molecule has 3 amide bonds. The Morgan fingerprint density at radius 2 is 1.80 bits per heavy atom. The molecule has 1 aliphatic rings. The number of hydrogen-bond donors (Lipinski definition) is 2. The van der Waals surface area contributed by atoms with Crippen LogP contribution in [0.25, 0.3) is 0 Å². The van der Waals surface area contributed by atoms with E-state index in [4.69, 9.17) is 4.42 Å². The number of nitrogens with zero attached hydrogens (tertiary/aromatic N) is 1. The van der Waals surface area contributed by atoms with Crippen molar-refractivity contribution >= 4 is 34.7 Å². The maximum Gasteiger partial charge on any atom is 0.261 e. The first-order valence-corrected chi connectivity index (χ1v) is 12.9. The molecule has 1 atom stereocenters. The molecule has 35 heavy (non-hydrogen) atoms. The Morgan fingerprint density at radius 1 is 1.06 bits per heavy atom. The highest BCUT2D eigenvalue weighted by molar-refractivity contribution is 7.12. The van der Waals surface area contributed by atoms with Gasteiger partial charge in [0.2, 0.25) is 5.91 Å². The summed E-state index contributed by atoms with van der Waals surface area (Å²) in [5.41, 5.74) is 2.51. The minimum absolute atomic E-state index is 0.0726. The standard InChI is InChI=1S/C27H31N3O4S/c1-18-14-19(2)16-21(15-18)30(24(31)17-28-26(32)23-11-7-13-35-23)25(22-10-6-12-34-22)27(33)29-20-8-4-3-5-9-20/h6-7,10-16,20,25H,3-5,8-9,17H2,1-2H3,(H,28,32)(H,29,33). The molecule has 4 rings (SSSR count). The van der Waals surface area contributed by atoms with Crippen LogP contribution < -0.4 is 15.5 Å². The van der Waals surface area contributed by atoms with E-state index in [9.17, 15) is 14.4 Å². The van der Waals surface area contributed by atoms with Crippen molar-refractivity contribution in [1.82, 2.24) is 10.6 Å². The van der Waals surface area contributed by atoms with Gasteiger partial charge in [0.1, 0.15) is 5.76 Å². The molecule has 184 valence electrons. The summed E-state index contributed by atoms with van der Waals surface area (Å²) in [5.74, 6) is -0.644. The highest BCUT2D eigenvalue weighted by Crippen LogP contribution is 2.31. The number of anilines is 1. The molecule has 0 radical (unpaired) electrons. The van der Waals surface area contributed by atoms with Crippen LogP contribution in [0.15, 0.2) is 58.5 Å². The van der Waals surface area contributed by atoms with Gasteiger partial charge in [-0.25, -0.2) is 0 Å². The Kier molecular flexibility index (Phi) is 8.02. The van der Waals surface area contributed by atoms with Crippen molar-refractivity contribution < 1.29 is 18.8 Å². The van der Waals surface area contributed by atoms with Crippen LogP contribution in [0.3, 0.4) is 0 Å². The van der Waals surface area contributed by atoms with E-state index in [1.54, 1.807) is 29.6 Å². The number of furan rings is 1. The van der Waals surface area contributed by atoms with Crippen molar-refractivity contribution in [1.29, 1.82) is 0 Å². The Balaban J connectivity index is 1.66. The minimum Gasteiger partial charge on any atom is -0.467 e. The molecule has 1 fully saturated rings. The second-order valence-corrected chi connectivity index (χ2v) is 9.98. The van der Waals surface area contributed by atoms with Crippen molar-refractivity contribution in [2.75, 3.05) is 11.4 Å². The molecule has 0 bridgehead atoms. The van der Waals surface area contributed by atoms with Crippen molar-refractivity contribution in [3.8, 4) is 0 Å². The average molecular weight is 494 g/mol. The number of rotatable bonds is 8. The van der Waals surface area contributed by atoms with Crippen LogP contribution in [0.4, 0.5) is 5.69 Å². The minimum atomic E-state index is -1.00. The first-order valence-electron chi connectivity index (χ1n) is 12.0. The SMILES string of the molecule is Cc1cc(C)cc(N(C(=O)CNC(=O)c2cccs2)C(C(=O)NC2CCCCC2)c2ccco2)c1. The third-order valence-electron chi connectivity index (χ3n) is 6.17. The van der Waals surface area contributed by atoms with Gasteiger partial charge in [-0.15, -0.1) is 11.3 Å². The zero-order chi connectivity index (χ0) is 24.8. The quantitative estimate of drug-likeness (QED) is 0.466. The summed E-state index contributed by atoms with van der Waals surface area (Å²) in [6, 6.07) is 11.7. The summed E-state index contributed by atoms with van der Waals surface area (Å²) in [5, 5.41) is 7.66. The normalized spacial score (nSPS) is 14.8. The number of carbonyl (C=O) groups excluding carboxylic acids is 3. The molecule has 2 N–H and O–H groups in total. The molecular formula is C27H31N3O4S. The smallest absolute Gasteiger partial charge is 0.261 e. The van der Waals surface area contributed by atoms with Gasteiger partial charge in [-0.3, -0.25) is 19.3 Å². The average Bonchev–Trinajstić information content (AvgIpc) is 3.55. The molecule has 1 aromatic carbocycles. The van der Waals surface area contributed by atoms with E-state index in [1.807, 2.05) is 32.0 Å². The molecule has 0 saturated heterocycles. The van der Waals surface area contributed by atoms with Gasteiger partial charge in [-0.05, 0) is 73.5 Å². The summed E-state index contributed by atoms with van der Waals surface area (Å²) >= 11 is 1.30. The fourth-order valence-corrected chi connectivity index (χ4v) is 5.25. The van der Waals surface area contributed by atoms with Crippen molar-refractivity contribution in [3.05, 3.63) is 75.9 Å². The molecule has 0 spiro atoms. The second kappa shape index (κ2) is 11.4. The van der Waals surface area contributed by atoms with Crippen LogP contribution in [0.1, 0.15) is 64.7 Å². The monoisotopic (exact) mass is 493 g/mol. The van der Waals surface area contributed by atoms with Crippen molar-refractivity contribution in [3.63, 3.8) is 0 Å². The lowest BCUT2D eigenvalue weighted by Gasteiger charge is -2.32. The highest BCUT2D eigenvalue weighted by Gasteiger charge is 2.36. The van der Waals surface area contributed by atoms with E-state index in [1.165, 1.54) is 28.9 Å². The van der Waals surface area contributed by atoms with Gasteiger partial charge in [0.05, 0.1) is 17.7 Å². The van der Waals surface area contributed by atoms with E-state index in [0.717, 1.165) is 36.8 Å². The predicted octanol–water partition coefficient (Wildman–Crippen LogP) is 4.91. The molecule has 1 aliphatic carbocycles. The summed E-state index contributed by atoms with van der Waals surface area (Å²) in [4.78, 5) is 41.8. The molecule has 8 heteroatoms. The van der Waals surface area contributed by atoms with Gasteiger partial charge >= 0.3 is 0 Å². The third kappa shape index (κ3) is 6.19. The highest BCUT2D eigenvalue weighted by atomic mass is 32.1. The van der Waals surface area contributed by atoms with Gasteiger partial charge in [0.15, 0.2) is 6.04 Å². The van der Waals surface area contributed by atoms with Crippen LogP contribution >= 0.6 is 11.3 Å². The zero-order valence-corrected chi connectivity index (χ0v) is 20.9. The first kappa shape index (κ1) is 24.7. The number of aryl methyl sites for hydroxylation is 2. The van der Waals surface area contributed by atoms with Crippen LogP contribution in [-0.4, -0.2) is 30.3 Å². The second-order valence-electron chi connectivity index (χ2n) is 9.03. The van der Waals surface area contributed by atoms with Crippen molar-refractivity contribution in [2.45, 2.75) is 58.0 Å². The Bertz CT molecular complexity index is 1130. The number of nitrogens with one attached hydrogen (secondary N) is 2. The molecule has 2 heterocycles. The number of thiophene rings is 1. The molecule has 1 unspecified atom stereocenters. The van der Waals surface area contributed by atoms with Gasteiger partial charge in [0, 0.05) is 11.7 Å². The maximum absolute atomic E-state index is 13.7. The van der Waals surface area contributed by atoms with E-state index >= 15 is 0 Å². The molecule has 7 nitrogen and oxygen atoms in total. The zero-order valence-electron chi connectivity index (χ0n) is 20.1. The number of carbonyl (C=O) groups is 3. The first-order chi connectivity index (χ1) is 16.9. The van der Waals surface area contributed by atoms with E-state index in [2.05, 4.69) is 10.6 Å². The lowest BCUT2D eigenvalue weighted by Crippen LogP contribution is -2.49. The van der Waals surface area contributed by atoms with E-state index < -0.39 is 11.9 Å². The Morgan fingerprint density at radius 3 is 2.43 bits per heavy atom. The van der Waals surface area contributed by atoms with Crippen LogP contribution in [0.5, 0.6) is 0 Å². The topological polar surface area (TPSA) is 91.7 Å². The van der Waals surface area contributed by atoms with Crippen LogP contribution in [0.2, 0.25) is 0 Å².